The fraction of sp³-hybridized carbons (Fsp3) is 0.571. The van der Waals surface area contributed by atoms with Crippen molar-refractivity contribution in [1.82, 2.24) is 5.32 Å². The first-order chi connectivity index (χ1) is 9.82. The van der Waals surface area contributed by atoms with Gasteiger partial charge >= 0.3 is 0 Å². The van der Waals surface area contributed by atoms with Crippen molar-refractivity contribution in [3.63, 3.8) is 0 Å². The van der Waals surface area contributed by atoms with Crippen molar-refractivity contribution in [2.45, 2.75) is 38.8 Å². The number of hydrogen-bond donors (Lipinski definition) is 1. The number of hydrogen-bond acceptors (Lipinski definition) is 2. The third kappa shape index (κ3) is 3.12. The minimum Gasteiger partial charge on any atom is -0.366 e. The van der Waals surface area contributed by atoms with Crippen LogP contribution in [0.2, 0.25) is 0 Å². The first-order valence-corrected chi connectivity index (χ1v) is 6.85. The Balaban J connectivity index is 2.40. The van der Waals surface area contributed by atoms with Crippen LogP contribution in [0.15, 0.2) is 0 Å². The number of rotatable bonds is 1. The molecule has 0 aliphatic carbocycles. The van der Waals surface area contributed by atoms with Gasteiger partial charge in [-0.3, -0.25) is 0 Å². The van der Waals surface area contributed by atoms with E-state index in [0.29, 0.717) is 12.8 Å². The smallest absolute Gasteiger partial charge is 0.200 e. The Kier molecular flexibility index (Phi) is 4.70. The van der Waals surface area contributed by atoms with E-state index in [1.165, 1.54) is 4.90 Å². The van der Waals surface area contributed by atoms with Crippen LogP contribution in [0.25, 0.3) is 0 Å². The summed E-state index contributed by atoms with van der Waals surface area (Å²) in [6.07, 6.45) is 1.09. The summed E-state index contributed by atoms with van der Waals surface area (Å²) in [7, 11) is 0. The molecule has 0 bridgehead atoms. The molecule has 21 heavy (non-hydrogen) atoms. The summed E-state index contributed by atoms with van der Waals surface area (Å²) in [4.78, 5) is 1.24. The average molecular weight is 308 g/mol. The number of anilines is 1. The van der Waals surface area contributed by atoms with Crippen molar-refractivity contribution in [2.75, 3.05) is 18.0 Å². The molecule has 1 N–H and O–H groups in total. The van der Waals surface area contributed by atoms with E-state index in [1.807, 2.05) is 13.8 Å². The van der Waals surface area contributed by atoms with Gasteiger partial charge in [0.2, 0.25) is 5.82 Å². The standard InChI is InChI=1S/C14H17F5N2/c1-7-3-5-21(6-4-8(2)20-7)14-12(18)10(16)9(15)11(17)13(14)19/h7-8,20H,3-6H2,1-2H3. The lowest BCUT2D eigenvalue weighted by atomic mass is 10.1. The molecule has 2 atom stereocenters. The lowest BCUT2D eigenvalue weighted by Crippen LogP contribution is -2.43. The second-order valence-corrected chi connectivity index (χ2v) is 5.45. The predicted octanol–water partition coefficient (Wildman–Crippen LogP) is 3.35. The molecule has 1 heterocycles. The highest BCUT2D eigenvalue weighted by Gasteiger charge is 2.29. The Hall–Kier alpha value is -1.37. The van der Waals surface area contributed by atoms with Crippen LogP contribution in [0.1, 0.15) is 26.7 Å². The van der Waals surface area contributed by atoms with Crippen LogP contribution < -0.4 is 10.2 Å². The normalized spacial score (nSPS) is 23.9. The van der Waals surface area contributed by atoms with Crippen molar-refractivity contribution >= 4 is 5.69 Å². The summed E-state index contributed by atoms with van der Waals surface area (Å²) in [5.41, 5.74) is -0.826. The third-order valence-electron chi connectivity index (χ3n) is 3.74. The third-order valence-corrected chi connectivity index (χ3v) is 3.74. The van der Waals surface area contributed by atoms with Gasteiger partial charge < -0.3 is 10.2 Å². The molecular weight excluding hydrogens is 291 g/mol. The number of nitrogens with one attached hydrogen (secondary N) is 1. The van der Waals surface area contributed by atoms with Crippen LogP contribution in [0.4, 0.5) is 27.6 Å². The molecule has 1 saturated heterocycles. The van der Waals surface area contributed by atoms with Gasteiger partial charge in [0.15, 0.2) is 23.3 Å². The van der Waals surface area contributed by atoms with Crippen molar-refractivity contribution in [3.8, 4) is 0 Å². The Bertz CT molecular complexity index is 494. The van der Waals surface area contributed by atoms with Crippen LogP contribution in [0.5, 0.6) is 0 Å². The molecule has 0 amide bonds. The molecule has 1 aliphatic rings. The zero-order valence-electron chi connectivity index (χ0n) is 11.8. The predicted molar refractivity (Wildman–Crippen MR) is 69.7 cm³/mol. The molecule has 1 aliphatic heterocycles. The molecule has 1 aromatic carbocycles. The van der Waals surface area contributed by atoms with Gasteiger partial charge in [0.25, 0.3) is 0 Å². The minimum atomic E-state index is -2.12. The molecule has 118 valence electrons. The fourth-order valence-corrected chi connectivity index (χ4v) is 2.56. The first-order valence-electron chi connectivity index (χ1n) is 6.85. The van der Waals surface area contributed by atoms with Gasteiger partial charge in [-0.25, -0.2) is 22.0 Å². The number of benzene rings is 1. The van der Waals surface area contributed by atoms with E-state index < -0.39 is 34.8 Å². The summed E-state index contributed by atoms with van der Waals surface area (Å²) in [6, 6.07) is 0.202. The molecule has 2 unspecified atom stereocenters. The Labute approximate surface area is 119 Å². The molecule has 1 fully saturated rings. The van der Waals surface area contributed by atoms with E-state index in [0.717, 1.165) is 0 Å². The summed E-state index contributed by atoms with van der Waals surface area (Å²) in [5, 5.41) is 3.29. The Morgan fingerprint density at radius 2 is 1.14 bits per heavy atom. The Morgan fingerprint density at radius 1 is 0.762 bits per heavy atom. The molecule has 2 nitrogen and oxygen atoms in total. The molecule has 0 aromatic heterocycles. The van der Waals surface area contributed by atoms with Crippen LogP contribution in [0, 0.1) is 29.1 Å². The molecular formula is C14H17F5N2. The van der Waals surface area contributed by atoms with Gasteiger partial charge in [-0.05, 0) is 26.7 Å². The molecule has 0 saturated carbocycles. The van der Waals surface area contributed by atoms with Gasteiger partial charge in [-0.15, -0.1) is 0 Å². The van der Waals surface area contributed by atoms with E-state index >= 15 is 0 Å². The molecule has 2 rings (SSSR count). The summed E-state index contributed by atoms with van der Waals surface area (Å²) in [6.45, 7) is 4.27. The van der Waals surface area contributed by atoms with E-state index in [2.05, 4.69) is 5.32 Å². The number of halogens is 5. The minimum absolute atomic E-state index is 0.101. The molecule has 0 spiro atoms. The summed E-state index contributed by atoms with van der Waals surface area (Å²) in [5.74, 6) is -9.44. The van der Waals surface area contributed by atoms with E-state index in [9.17, 15) is 22.0 Å². The van der Waals surface area contributed by atoms with Crippen LogP contribution in [0.3, 0.4) is 0 Å². The highest BCUT2D eigenvalue weighted by molar-refractivity contribution is 5.50. The molecule has 1 aromatic rings. The lowest BCUT2D eigenvalue weighted by molar-refractivity contribution is 0.369. The van der Waals surface area contributed by atoms with Crippen LogP contribution >= 0.6 is 0 Å². The maximum atomic E-state index is 13.8. The van der Waals surface area contributed by atoms with E-state index in [4.69, 9.17) is 0 Å². The average Bonchev–Trinajstić information content (AvgIpc) is 2.43. The summed E-state index contributed by atoms with van der Waals surface area (Å²) < 4.78 is 67.3. The highest BCUT2D eigenvalue weighted by atomic mass is 19.2. The fourth-order valence-electron chi connectivity index (χ4n) is 2.56. The van der Waals surface area contributed by atoms with Gasteiger partial charge in [0.1, 0.15) is 5.69 Å². The quantitative estimate of drug-likeness (QED) is 0.486. The van der Waals surface area contributed by atoms with Gasteiger partial charge in [0.05, 0.1) is 0 Å². The van der Waals surface area contributed by atoms with E-state index in [1.54, 1.807) is 0 Å². The van der Waals surface area contributed by atoms with Crippen LogP contribution in [-0.4, -0.2) is 25.2 Å². The monoisotopic (exact) mass is 308 g/mol. The zero-order valence-corrected chi connectivity index (χ0v) is 11.8. The SMILES string of the molecule is CC1CCN(c2c(F)c(F)c(F)c(F)c2F)CCC(C)N1. The maximum absolute atomic E-state index is 13.8. The van der Waals surface area contributed by atoms with Crippen molar-refractivity contribution in [3.05, 3.63) is 29.1 Å². The largest absolute Gasteiger partial charge is 0.366 e. The van der Waals surface area contributed by atoms with Gasteiger partial charge in [-0.2, -0.15) is 0 Å². The second-order valence-electron chi connectivity index (χ2n) is 5.45. The topological polar surface area (TPSA) is 15.3 Å². The van der Waals surface area contributed by atoms with Crippen molar-refractivity contribution in [1.29, 1.82) is 0 Å². The van der Waals surface area contributed by atoms with Crippen LogP contribution in [-0.2, 0) is 0 Å². The highest BCUT2D eigenvalue weighted by Crippen LogP contribution is 2.31. The molecule has 7 heteroatoms. The lowest BCUT2D eigenvalue weighted by Gasteiger charge is -2.32. The van der Waals surface area contributed by atoms with Crippen molar-refractivity contribution < 1.29 is 22.0 Å². The van der Waals surface area contributed by atoms with Crippen molar-refractivity contribution in [2.24, 2.45) is 0 Å². The Morgan fingerprint density at radius 3 is 1.57 bits per heavy atom. The number of nitrogens with zero attached hydrogens (tertiary/aromatic N) is 1. The molecule has 0 radical (unpaired) electrons. The first kappa shape index (κ1) is 16.0. The summed E-state index contributed by atoms with van der Waals surface area (Å²) >= 11 is 0. The maximum Gasteiger partial charge on any atom is 0.200 e. The van der Waals surface area contributed by atoms with E-state index in [-0.39, 0.29) is 25.2 Å². The van der Waals surface area contributed by atoms with Gasteiger partial charge in [0, 0.05) is 25.2 Å². The second kappa shape index (κ2) is 6.17. The van der Waals surface area contributed by atoms with Gasteiger partial charge in [-0.1, -0.05) is 0 Å². The zero-order chi connectivity index (χ0) is 15.7.